The van der Waals surface area contributed by atoms with Gasteiger partial charge in [0.2, 0.25) is 0 Å². The van der Waals surface area contributed by atoms with E-state index in [0.29, 0.717) is 19.3 Å². The lowest BCUT2D eigenvalue weighted by Crippen LogP contribution is -2.30. The molecule has 0 aromatic rings. The number of aliphatic hydroxyl groups is 1. The molecule has 0 saturated heterocycles. The van der Waals surface area contributed by atoms with E-state index in [0.717, 1.165) is 83.5 Å². The molecule has 12 heteroatoms. The normalized spacial score (nSPS) is 14.4. The first-order valence-electron chi connectivity index (χ1n) is 24.8. The Morgan fingerprint density at radius 1 is 0.455 bits per heavy atom. The van der Waals surface area contributed by atoms with E-state index < -0.39 is 57.8 Å². The Labute approximate surface area is 399 Å². The van der Waals surface area contributed by atoms with E-state index >= 15 is 0 Å². The first kappa shape index (κ1) is 62.1. The Morgan fingerprint density at radius 3 is 1.33 bits per heavy atom. The summed E-state index contributed by atoms with van der Waals surface area (Å²) in [5, 5.41) is 9.75. The molecule has 66 heavy (non-hydrogen) atoms. The number of unbranched alkanes of at least 4 members (excludes halogenated alkanes) is 10. The summed E-state index contributed by atoms with van der Waals surface area (Å²) in [6, 6.07) is 0. The van der Waals surface area contributed by atoms with Crippen LogP contribution in [-0.4, -0.2) is 66.5 Å². The first-order valence-corrected chi connectivity index (χ1v) is 26.3. The standard InChI is InChI=1S/C54H87O11P/c1-4-7-10-13-16-19-21-23-25-27-29-32-35-38-41-44-53(57)64-50(46-55)48-62-66(59,60)63-49-51(47-61-52(56)43-40-37-34-31-18-15-12-9-6-3)65-54(58)45-42-39-36-33-30-28-26-24-22-20-17-14-11-8-5-2/h7-8,10-11,16-17,19-20,23-26,29-30,32-33,39,42,50-51,55H,4-6,9,12-15,18,21-22,27-28,31,34-38,40-41,43-49H2,1-3H3,(H,59,60)/b10-7-,11-8-,19-16-,20-17-,25-23-,26-24-,32-29-,33-30-,42-39-. The van der Waals surface area contributed by atoms with Gasteiger partial charge in [0.1, 0.15) is 12.7 Å². The first-order chi connectivity index (χ1) is 32.2. The smallest absolute Gasteiger partial charge is 0.462 e. The quantitative estimate of drug-likeness (QED) is 0.0197. The van der Waals surface area contributed by atoms with Crippen LogP contribution in [0.2, 0.25) is 0 Å². The van der Waals surface area contributed by atoms with Crippen molar-refractivity contribution < 1.29 is 52.2 Å². The molecule has 0 aromatic heterocycles. The van der Waals surface area contributed by atoms with Gasteiger partial charge in [-0.2, -0.15) is 0 Å². The highest BCUT2D eigenvalue weighted by Crippen LogP contribution is 2.43. The third kappa shape index (κ3) is 45.3. The topological polar surface area (TPSA) is 155 Å². The molecule has 0 aliphatic carbocycles. The zero-order valence-corrected chi connectivity index (χ0v) is 41.8. The lowest BCUT2D eigenvalue weighted by atomic mass is 10.1. The van der Waals surface area contributed by atoms with E-state index in [1.54, 1.807) is 6.08 Å². The van der Waals surface area contributed by atoms with Gasteiger partial charge in [-0.25, -0.2) is 4.57 Å². The van der Waals surface area contributed by atoms with Crippen LogP contribution in [0, 0.1) is 0 Å². The van der Waals surface area contributed by atoms with Crippen LogP contribution in [0.1, 0.15) is 175 Å². The molecule has 0 aliphatic heterocycles. The van der Waals surface area contributed by atoms with Crippen molar-refractivity contribution in [1.29, 1.82) is 0 Å². The van der Waals surface area contributed by atoms with Crippen molar-refractivity contribution in [3.63, 3.8) is 0 Å². The Hall–Kier alpha value is -3.86. The number of hydrogen-bond donors (Lipinski definition) is 2. The average Bonchev–Trinajstić information content (AvgIpc) is 3.30. The van der Waals surface area contributed by atoms with Gasteiger partial charge >= 0.3 is 25.7 Å². The van der Waals surface area contributed by atoms with Gasteiger partial charge in [0.15, 0.2) is 6.10 Å². The predicted molar refractivity (Wildman–Crippen MR) is 270 cm³/mol. The van der Waals surface area contributed by atoms with Crippen LogP contribution in [0.4, 0.5) is 0 Å². The van der Waals surface area contributed by atoms with Gasteiger partial charge in [0, 0.05) is 12.8 Å². The lowest BCUT2D eigenvalue weighted by molar-refractivity contribution is -0.160. The maximum absolute atomic E-state index is 12.8. The highest BCUT2D eigenvalue weighted by Gasteiger charge is 2.28. The summed E-state index contributed by atoms with van der Waals surface area (Å²) < 4.78 is 39.1. The maximum atomic E-state index is 12.8. The molecule has 0 heterocycles. The van der Waals surface area contributed by atoms with Crippen molar-refractivity contribution in [3.8, 4) is 0 Å². The van der Waals surface area contributed by atoms with Crippen molar-refractivity contribution in [1.82, 2.24) is 0 Å². The fourth-order valence-electron chi connectivity index (χ4n) is 6.01. The molecule has 11 nitrogen and oxygen atoms in total. The molecule has 0 rings (SSSR count). The predicted octanol–water partition coefficient (Wildman–Crippen LogP) is 13.9. The molecule has 374 valence electrons. The number of phosphoric ester groups is 1. The van der Waals surface area contributed by atoms with E-state index in [-0.39, 0.29) is 25.9 Å². The summed E-state index contributed by atoms with van der Waals surface area (Å²) in [4.78, 5) is 48.1. The van der Waals surface area contributed by atoms with Gasteiger partial charge in [-0.15, -0.1) is 0 Å². The van der Waals surface area contributed by atoms with Crippen molar-refractivity contribution in [3.05, 3.63) is 109 Å². The summed E-state index contributed by atoms with van der Waals surface area (Å²) in [7, 11) is -4.78. The van der Waals surface area contributed by atoms with Gasteiger partial charge in [0.25, 0.3) is 0 Å². The maximum Gasteiger partial charge on any atom is 0.472 e. The van der Waals surface area contributed by atoms with E-state index in [2.05, 4.69) is 106 Å². The second-order valence-corrected chi connectivity index (χ2v) is 17.3. The third-order valence-electron chi connectivity index (χ3n) is 9.72. The van der Waals surface area contributed by atoms with Crippen molar-refractivity contribution >= 4 is 25.7 Å². The fraction of sp³-hybridized carbons (Fsp3) is 0.611. The van der Waals surface area contributed by atoms with Crippen LogP contribution >= 0.6 is 7.82 Å². The van der Waals surface area contributed by atoms with Gasteiger partial charge in [-0.3, -0.25) is 23.4 Å². The highest BCUT2D eigenvalue weighted by atomic mass is 31.2. The number of ether oxygens (including phenoxy) is 3. The number of allylic oxidation sites excluding steroid dienone is 17. The molecular formula is C54H87O11P. The summed E-state index contributed by atoms with van der Waals surface area (Å²) >= 11 is 0. The monoisotopic (exact) mass is 943 g/mol. The summed E-state index contributed by atoms with van der Waals surface area (Å²) in [5.41, 5.74) is 0. The molecular weight excluding hydrogens is 856 g/mol. The summed E-state index contributed by atoms with van der Waals surface area (Å²) in [6.07, 6.45) is 55.3. The Morgan fingerprint density at radius 2 is 0.848 bits per heavy atom. The van der Waals surface area contributed by atoms with Gasteiger partial charge in [-0.05, 0) is 83.5 Å². The minimum atomic E-state index is -4.78. The average molecular weight is 943 g/mol. The van der Waals surface area contributed by atoms with E-state index in [4.69, 9.17) is 23.3 Å². The van der Waals surface area contributed by atoms with Crippen molar-refractivity contribution in [2.24, 2.45) is 0 Å². The second kappa shape index (κ2) is 47.6. The zero-order valence-electron chi connectivity index (χ0n) is 40.9. The third-order valence-corrected chi connectivity index (χ3v) is 10.7. The molecule has 3 unspecified atom stereocenters. The van der Waals surface area contributed by atoms with Gasteiger partial charge in [-0.1, -0.05) is 182 Å². The van der Waals surface area contributed by atoms with Crippen LogP contribution in [-0.2, 0) is 42.2 Å². The van der Waals surface area contributed by atoms with E-state index in [1.807, 2.05) is 18.2 Å². The van der Waals surface area contributed by atoms with Crippen LogP contribution in [0.5, 0.6) is 0 Å². The summed E-state index contributed by atoms with van der Waals surface area (Å²) in [6.45, 7) is 4.19. The van der Waals surface area contributed by atoms with Crippen molar-refractivity contribution in [2.45, 2.75) is 187 Å². The minimum Gasteiger partial charge on any atom is -0.462 e. The van der Waals surface area contributed by atoms with Gasteiger partial charge in [0.05, 0.1) is 26.2 Å². The van der Waals surface area contributed by atoms with E-state index in [1.165, 1.54) is 32.1 Å². The lowest BCUT2D eigenvalue weighted by Gasteiger charge is -2.21. The number of hydrogen-bond acceptors (Lipinski definition) is 10. The van der Waals surface area contributed by atoms with Crippen LogP contribution in [0.3, 0.4) is 0 Å². The highest BCUT2D eigenvalue weighted by molar-refractivity contribution is 7.47. The molecule has 0 aliphatic rings. The number of esters is 3. The molecule has 0 aromatic carbocycles. The summed E-state index contributed by atoms with van der Waals surface area (Å²) in [5.74, 6) is -1.68. The fourth-order valence-corrected chi connectivity index (χ4v) is 6.79. The van der Waals surface area contributed by atoms with E-state index in [9.17, 15) is 28.9 Å². The molecule has 0 spiro atoms. The second-order valence-electron chi connectivity index (χ2n) is 15.9. The largest absolute Gasteiger partial charge is 0.472 e. The van der Waals surface area contributed by atoms with Gasteiger partial charge < -0.3 is 24.2 Å². The molecule has 0 saturated carbocycles. The molecule has 0 amide bonds. The number of carbonyl (C=O) groups is 3. The molecule has 3 atom stereocenters. The van der Waals surface area contributed by atoms with Crippen LogP contribution in [0.15, 0.2) is 109 Å². The number of aliphatic hydroxyl groups excluding tert-OH is 1. The Balaban J connectivity index is 4.88. The number of phosphoric acid groups is 1. The number of carbonyl (C=O) groups excluding carboxylic acids is 3. The van der Waals surface area contributed by atoms with Crippen LogP contribution < -0.4 is 0 Å². The molecule has 0 radical (unpaired) electrons. The molecule has 0 bridgehead atoms. The Kier molecular flexibility index (Phi) is 44.8. The SMILES string of the molecule is CC/C=C\C/C=C\C/C=C\C/C=C\C/C=C\CC(=O)OC(COC(=O)CCCCCCCCCCC)COP(=O)(O)OCC(CO)OC(=O)CCCC/C=C\C/C=C\C/C=C\C/C=C\CC. The molecule has 0 fully saturated rings. The molecule has 2 N–H and O–H groups in total. The number of rotatable bonds is 44. The minimum absolute atomic E-state index is 0.0717. The van der Waals surface area contributed by atoms with Crippen LogP contribution in [0.25, 0.3) is 0 Å². The Bertz CT molecular complexity index is 1520. The zero-order chi connectivity index (χ0) is 48.4. The van der Waals surface area contributed by atoms with Crippen molar-refractivity contribution in [2.75, 3.05) is 26.4 Å².